The van der Waals surface area contributed by atoms with Gasteiger partial charge in [0.1, 0.15) is 0 Å². The van der Waals surface area contributed by atoms with Crippen LogP contribution in [-0.4, -0.2) is 26.9 Å². The third-order valence-corrected chi connectivity index (χ3v) is 2.29. The number of hydrogen-bond acceptors (Lipinski definition) is 5. The molecule has 5 nitrogen and oxygen atoms in total. The average Bonchev–Trinajstić information content (AvgIpc) is 2.45. The molecule has 0 radical (unpaired) electrons. The molecule has 0 fully saturated rings. The summed E-state index contributed by atoms with van der Waals surface area (Å²) >= 11 is 0. The fraction of sp³-hybridized carbons (Fsp3) is 0.231. The minimum Gasteiger partial charge on any atom is -0.352 e. The van der Waals surface area contributed by atoms with E-state index < -0.39 is 0 Å². The number of aromatic nitrogens is 4. The van der Waals surface area contributed by atoms with Gasteiger partial charge in [-0.15, -0.1) is 32.7 Å². The quantitative estimate of drug-likeness (QED) is 0.636. The molecule has 0 spiro atoms. The summed E-state index contributed by atoms with van der Waals surface area (Å²) in [5.74, 6) is 3.51. The van der Waals surface area contributed by atoms with Crippen LogP contribution in [-0.2, 0) is 0 Å². The van der Waals surface area contributed by atoms with Gasteiger partial charge >= 0.3 is 0 Å². The Labute approximate surface area is 106 Å². The summed E-state index contributed by atoms with van der Waals surface area (Å²) in [6.07, 6.45) is 6.77. The lowest BCUT2D eigenvalue weighted by Gasteiger charge is -2.02. The molecule has 2 aromatic rings. The van der Waals surface area contributed by atoms with Gasteiger partial charge in [-0.3, -0.25) is 0 Å². The zero-order valence-corrected chi connectivity index (χ0v) is 9.87. The summed E-state index contributed by atoms with van der Waals surface area (Å²) in [6, 6.07) is 9.61. The molecule has 1 aromatic heterocycles. The highest BCUT2D eigenvalue weighted by molar-refractivity contribution is 5.53. The lowest BCUT2D eigenvalue weighted by molar-refractivity contribution is 0.833. The second-order valence-electron chi connectivity index (χ2n) is 3.65. The van der Waals surface area contributed by atoms with E-state index in [-0.39, 0.29) is 0 Å². The van der Waals surface area contributed by atoms with Crippen LogP contribution < -0.4 is 5.32 Å². The van der Waals surface area contributed by atoms with Gasteiger partial charge in [-0.25, -0.2) is 0 Å². The van der Waals surface area contributed by atoms with Crippen molar-refractivity contribution in [2.45, 2.75) is 12.8 Å². The number of unbranched alkanes of at least 4 members (excludes halogenated alkanes) is 1. The van der Waals surface area contributed by atoms with Gasteiger partial charge in [0.05, 0.1) is 0 Å². The zero-order chi connectivity index (χ0) is 12.6. The SMILES string of the molecule is C#CCCCNc1nnc(-c2ccccc2)nn1. The van der Waals surface area contributed by atoms with E-state index in [0.717, 1.165) is 24.9 Å². The summed E-state index contributed by atoms with van der Waals surface area (Å²) < 4.78 is 0. The van der Waals surface area contributed by atoms with Crippen molar-refractivity contribution < 1.29 is 0 Å². The lowest BCUT2D eigenvalue weighted by Crippen LogP contribution is -2.08. The van der Waals surface area contributed by atoms with E-state index in [0.29, 0.717) is 11.8 Å². The molecule has 0 unspecified atom stereocenters. The highest BCUT2D eigenvalue weighted by atomic mass is 15.3. The Morgan fingerprint density at radius 1 is 1.06 bits per heavy atom. The molecule has 0 aliphatic rings. The third kappa shape index (κ3) is 3.25. The molecule has 0 bridgehead atoms. The summed E-state index contributed by atoms with van der Waals surface area (Å²) in [5.41, 5.74) is 0.899. The minimum absolute atomic E-state index is 0.423. The molecule has 0 saturated carbocycles. The van der Waals surface area contributed by atoms with Gasteiger partial charge in [-0.2, -0.15) is 0 Å². The maximum Gasteiger partial charge on any atom is 0.262 e. The van der Waals surface area contributed by atoms with Crippen LogP contribution in [0.2, 0.25) is 0 Å². The van der Waals surface area contributed by atoms with Crippen molar-refractivity contribution in [3.05, 3.63) is 30.3 Å². The number of nitrogens with zero attached hydrogens (tertiary/aromatic N) is 4. The minimum atomic E-state index is 0.423. The maximum absolute atomic E-state index is 5.16. The van der Waals surface area contributed by atoms with E-state index >= 15 is 0 Å². The smallest absolute Gasteiger partial charge is 0.262 e. The second-order valence-corrected chi connectivity index (χ2v) is 3.65. The van der Waals surface area contributed by atoms with Crippen LogP contribution in [0.25, 0.3) is 11.4 Å². The third-order valence-electron chi connectivity index (χ3n) is 2.29. The number of terminal acetylenes is 1. The second kappa shape index (κ2) is 6.30. The molecular weight excluding hydrogens is 226 g/mol. The fourth-order valence-electron chi connectivity index (χ4n) is 1.39. The summed E-state index contributed by atoms with van der Waals surface area (Å²) in [4.78, 5) is 0. The van der Waals surface area contributed by atoms with Crippen molar-refractivity contribution in [2.24, 2.45) is 0 Å². The number of benzene rings is 1. The van der Waals surface area contributed by atoms with Crippen molar-refractivity contribution in [1.29, 1.82) is 0 Å². The van der Waals surface area contributed by atoms with E-state index in [4.69, 9.17) is 6.42 Å². The van der Waals surface area contributed by atoms with E-state index in [2.05, 4.69) is 31.6 Å². The van der Waals surface area contributed by atoms with E-state index in [1.165, 1.54) is 0 Å². The van der Waals surface area contributed by atoms with Gasteiger partial charge < -0.3 is 5.32 Å². The normalized spacial score (nSPS) is 9.72. The van der Waals surface area contributed by atoms with Crippen molar-refractivity contribution in [1.82, 2.24) is 20.4 Å². The number of anilines is 1. The van der Waals surface area contributed by atoms with Crippen molar-refractivity contribution in [3.8, 4) is 23.7 Å². The largest absolute Gasteiger partial charge is 0.352 e. The molecule has 0 saturated heterocycles. The fourth-order valence-corrected chi connectivity index (χ4v) is 1.39. The first kappa shape index (κ1) is 12.0. The Hall–Kier alpha value is -2.48. The summed E-state index contributed by atoms with van der Waals surface area (Å²) in [6.45, 7) is 0.720. The summed E-state index contributed by atoms with van der Waals surface area (Å²) in [7, 11) is 0. The molecule has 5 heteroatoms. The van der Waals surface area contributed by atoms with E-state index in [9.17, 15) is 0 Å². The van der Waals surface area contributed by atoms with Gasteiger partial charge in [0.2, 0.25) is 5.82 Å². The monoisotopic (exact) mass is 239 g/mol. The molecule has 1 aromatic carbocycles. The Bertz CT molecular complexity index is 515. The van der Waals surface area contributed by atoms with Crippen molar-refractivity contribution in [3.63, 3.8) is 0 Å². The molecule has 0 aliphatic carbocycles. The number of nitrogens with one attached hydrogen (secondary N) is 1. The first-order valence-electron chi connectivity index (χ1n) is 5.70. The molecule has 18 heavy (non-hydrogen) atoms. The number of hydrogen-bond donors (Lipinski definition) is 1. The maximum atomic E-state index is 5.16. The average molecular weight is 239 g/mol. The van der Waals surface area contributed by atoms with Crippen molar-refractivity contribution in [2.75, 3.05) is 11.9 Å². The zero-order valence-electron chi connectivity index (χ0n) is 9.87. The Morgan fingerprint density at radius 3 is 2.44 bits per heavy atom. The molecule has 2 rings (SSSR count). The molecular formula is C13H13N5. The molecule has 0 amide bonds. The first-order valence-corrected chi connectivity index (χ1v) is 5.70. The highest BCUT2D eigenvalue weighted by Crippen LogP contribution is 2.11. The predicted molar refractivity (Wildman–Crippen MR) is 69.6 cm³/mol. The van der Waals surface area contributed by atoms with Gasteiger partial charge in [0.25, 0.3) is 5.95 Å². The highest BCUT2D eigenvalue weighted by Gasteiger charge is 2.02. The Morgan fingerprint density at radius 2 is 1.78 bits per heavy atom. The molecule has 1 heterocycles. The molecule has 0 atom stereocenters. The molecule has 1 N–H and O–H groups in total. The van der Waals surface area contributed by atoms with Crippen LogP contribution in [0.1, 0.15) is 12.8 Å². The lowest BCUT2D eigenvalue weighted by atomic mass is 10.2. The molecule has 90 valence electrons. The topological polar surface area (TPSA) is 63.6 Å². The van der Waals surface area contributed by atoms with Gasteiger partial charge in [0, 0.05) is 18.5 Å². The van der Waals surface area contributed by atoms with E-state index in [1.807, 2.05) is 30.3 Å². The van der Waals surface area contributed by atoms with Crippen molar-refractivity contribution >= 4 is 5.95 Å². The van der Waals surface area contributed by atoms with Crippen LogP contribution in [0.4, 0.5) is 5.95 Å². The Kier molecular flexibility index (Phi) is 4.20. The van der Waals surface area contributed by atoms with Gasteiger partial charge in [0.15, 0.2) is 0 Å². The summed E-state index contributed by atoms with van der Waals surface area (Å²) in [5, 5.41) is 19.0. The van der Waals surface area contributed by atoms with Gasteiger partial charge in [-0.05, 0) is 6.42 Å². The van der Waals surface area contributed by atoms with Crippen LogP contribution in [0.15, 0.2) is 30.3 Å². The first-order chi connectivity index (χ1) is 8.90. The predicted octanol–water partition coefficient (Wildman–Crippen LogP) is 1.76. The van der Waals surface area contributed by atoms with Crippen LogP contribution in [0.5, 0.6) is 0 Å². The molecule has 0 aliphatic heterocycles. The van der Waals surface area contributed by atoms with Gasteiger partial charge in [-0.1, -0.05) is 30.3 Å². The van der Waals surface area contributed by atoms with Crippen LogP contribution in [0, 0.1) is 12.3 Å². The van der Waals surface area contributed by atoms with Crippen LogP contribution in [0.3, 0.4) is 0 Å². The number of rotatable bonds is 5. The van der Waals surface area contributed by atoms with E-state index in [1.54, 1.807) is 0 Å². The standard InChI is InChI=1S/C13H13N5/c1-2-3-7-10-14-13-17-15-12(16-18-13)11-8-5-4-6-9-11/h1,4-6,8-9H,3,7,10H2,(H,14,17,18). The Balaban J connectivity index is 1.96. The van der Waals surface area contributed by atoms with Crippen LogP contribution >= 0.6 is 0 Å².